The second-order valence-corrected chi connectivity index (χ2v) is 4.91. The lowest BCUT2D eigenvalue weighted by Crippen LogP contribution is -2.25. The molecule has 0 spiro atoms. The molecule has 1 aliphatic rings. The van der Waals surface area contributed by atoms with Crippen LogP contribution in [0.2, 0.25) is 0 Å². The van der Waals surface area contributed by atoms with E-state index in [-0.39, 0.29) is 5.91 Å². The molecule has 0 bridgehead atoms. The van der Waals surface area contributed by atoms with Crippen LogP contribution in [-0.4, -0.2) is 22.1 Å². The van der Waals surface area contributed by atoms with Crippen molar-refractivity contribution < 1.29 is 9.32 Å². The number of pyridine rings is 1. The predicted molar refractivity (Wildman–Crippen MR) is 69.7 cm³/mol. The number of carbonyl (C=O) groups is 1. The maximum absolute atomic E-state index is 12.0. The van der Waals surface area contributed by atoms with Crippen molar-refractivity contribution in [2.24, 2.45) is 0 Å². The molecule has 1 aliphatic carbocycles. The zero-order chi connectivity index (χ0) is 13.4. The van der Waals surface area contributed by atoms with Crippen LogP contribution in [0.25, 0.3) is 11.1 Å². The van der Waals surface area contributed by atoms with Crippen LogP contribution in [0.1, 0.15) is 34.7 Å². The number of rotatable bonds is 3. The molecule has 0 aromatic carbocycles. The molecule has 1 saturated carbocycles. The Balaban J connectivity index is 1.93. The van der Waals surface area contributed by atoms with Crippen molar-refractivity contribution >= 4 is 5.91 Å². The summed E-state index contributed by atoms with van der Waals surface area (Å²) in [5.74, 6) is 0.669. The molecule has 0 unspecified atom stereocenters. The lowest BCUT2D eigenvalue weighted by Gasteiger charge is -2.05. The molecule has 98 valence electrons. The molecule has 0 saturated heterocycles. The lowest BCUT2D eigenvalue weighted by molar-refractivity contribution is 0.0950. The van der Waals surface area contributed by atoms with E-state index in [1.807, 2.05) is 19.9 Å². The summed E-state index contributed by atoms with van der Waals surface area (Å²) in [7, 11) is 0. The van der Waals surface area contributed by atoms with E-state index in [1.54, 1.807) is 12.4 Å². The standard InChI is InChI=1S/C14H15N3O2/c1-8-13(9(2)19-17-8)10-5-11(7-15-6-10)14(18)16-12-3-4-12/h5-7,12H,3-4H2,1-2H3,(H,16,18). The molecule has 5 heteroatoms. The van der Waals surface area contributed by atoms with Gasteiger partial charge in [0.15, 0.2) is 0 Å². The topological polar surface area (TPSA) is 68.0 Å². The van der Waals surface area contributed by atoms with E-state index in [1.165, 1.54) is 0 Å². The minimum atomic E-state index is -0.0661. The minimum Gasteiger partial charge on any atom is -0.361 e. The Labute approximate surface area is 111 Å². The molecule has 2 aromatic heterocycles. The summed E-state index contributed by atoms with van der Waals surface area (Å²) in [5, 5.41) is 6.88. The molecule has 19 heavy (non-hydrogen) atoms. The molecule has 1 fully saturated rings. The minimum absolute atomic E-state index is 0.0661. The van der Waals surface area contributed by atoms with Crippen molar-refractivity contribution in [1.82, 2.24) is 15.5 Å². The van der Waals surface area contributed by atoms with Gasteiger partial charge in [0.1, 0.15) is 5.76 Å². The molecule has 2 aromatic rings. The second-order valence-electron chi connectivity index (χ2n) is 4.91. The number of carbonyl (C=O) groups excluding carboxylic acids is 1. The first-order valence-corrected chi connectivity index (χ1v) is 6.34. The average molecular weight is 257 g/mol. The van der Waals surface area contributed by atoms with Gasteiger partial charge in [-0.15, -0.1) is 0 Å². The quantitative estimate of drug-likeness (QED) is 0.915. The highest BCUT2D eigenvalue weighted by Gasteiger charge is 2.24. The maximum atomic E-state index is 12.0. The molecular formula is C14H15N3O2. The van der Waals surface area contributed by atoms with Crippen molar-refractivity contribution in [2.75, 3.05) is 0 Å². The Kier molecular flexibility index (Phi) is 2.81. The fraction of sp³-hybridized carbons (Fsp3) is 0.357. The molecular weight excluding hydrogens is 242 g/mol. The van der Waals surface area contributed by atoms with Gasteiger partial charge in [-0.25, -0.2) is 0 Å². The van der Waals surface area contributed by atoms with E-state index in [2.05, 4.69) is 15.5 Å². The third kappa shape index (κ3) is 2.36. The third-order valence-electron chi connectivity index (χ3n) is 3.24. The number of hydrogen-bond acceptors (Lipinski definition) is 4. The highest BCUT2D eigenvalue weighted by atomic mass is 16.5. The van der Waals surface area contributed by atoms with Crippen molar-refractivity contribution in [1.29, 1.82) is 0 Å². The van der Waals surface area contributed by atoms with Gasteiger partial charge < -0.3 is 9.84 Å². The van der Waals surface area contributed by atoms with Crippen molar-refractivity contribution in [3.8, 4) is 11.1 Å². The highest BCUT2D eigenvalue weighted by molar-refractivity contribution is 5.95. The Morgan fingerprint density at radius 1 is 1.37 bits per heavy atom. The van der Waals surface area contributed by atoms with E-state index >= 15 is 0 Å². The van der Waals surface area contributed by atoms with Gasteiger partial charge in [0, 0.05) is 29.6 Å². The number of aromatic nitrogens is 2. The van der Waals surface area contributed by atoms with Gasteiger partial charge in [0.05, 0.1) is 11.3 Å². The first kappa shape index (κ1) is 11.9. The van der Waals surface area contributed by atoms with Gasteiger partial charge in [-0.1, -0.05) is 5.16 Å². The van der Waals surface area contributed by atoms with Crippen LogP contribution in [0.4, 0.5) is 0 Å². The predicted octanol–water partition coefficient (Wildman–Crippen LogP) is 2.25. The first-order chi connectivity index (χ1) is 9.15. The van der Waals surface area contributed by atoms with Gasteiger partial charge in [-0.05, 0) is 32.8 Å². The van der Waals surface area contributed by atoms with E-state index in [9.17, 15) is 4.79 Å². The van der Waals surface area contributed by atoms with Crippen LogP contribution >= 0.6 is 0 Å². The summed E-state index contributed by atoms with van der Waals surface area (Å²) in [5.41, 5.74) is 3.15. The monoisotopic (exact) mass is 257 g/mol. The number of hydrogen-bond donors (Lipinski definition) is 1. The van der Waals surface area contributed by atoms with Crippen molar-refractivity contribution in [3.63, 3.8) is 0 Å². The zero-order valence-electron chi connectivity index (χ0n) is 10.9. The largest absolute Gasteiger partial charge is 0.361 e. The van der Waals surface area contributed by atoms with Crippen LogP contribution < -0.4 is 5.32 Å². The number of amides is 1. The average Bonchev–Trinajstić information content (AvgIpc) is 3.15. The van der Waals surface area contributed by atoms with E-state index in [0.717, 1.165) is 35.4 Å². The molecule has 0 atom stereocenters. The highest BCUT2D eigenvalue weighted by Crippen LogP contribution is 2.27. The molecule has 5 nitrogen and oxygen atoms in total. The SMILES string of the molecule is Cc1noc(C)c1-c1cncc(C(=O)NC2CC2)c1. The number of nitrogens with one attached hydrogen (secondary N) is 1. The fourth-order valence-electron chi connectivity index (χ4n) is 2.09. The Morgan fingerprint density at radius 3 is 2.79 bits per heavy atom. The molecule has 0 aliphatic heterocycles. The summed E-state index contributed by atoms with van der Waals surface area (Å²) in [6, 6.07) is 2.17. The fourth-order valence-corrected chi connectivity index (χ4v) is 2.09. The Morgan fingerprint density at radius 2 is 2.16 bits per heavy atom. The molecule has 1 amide bonds. The first-order valence-electron chi connectivity index (χ1n) is 6.34. The van der Waals surface area contributed by atoms with Crippen LogP contribution in [0, 0.1) is 13.8 Å². The van der Waals surface area contributed by atoms with Crippen LogP contribution in [0.3, 0.4) is 0 Å². The van der Waals surface area contributed by atoms with Gasteiger partial charge >= 0.3 is 0 Å². The summed E-state index contributed by atoms with van der Waals surface area (Å²) in [6.07, 6.45) is 5.45. The van der Waals surface area contributed by atoms with Gasteiger partial charge in [-0.2, -0.15) is 0 Å². The van der Waals surface area contributed by atoms with E-state index < -0.39 is 0 Å². The Bertz CT molecular complexity index is 610. The second kappa shape index (κ2) is 4.50. The molecule has 2 heterocycles. The Hall–Kier alpha value is -2.17. The van der Waals surface area contributed by atoms with Crippen molar-refractivity contribution in [2.45, 2.75) is 32.7 Å². The smallest absolute Gasteiger partial charge is 0.253 e. The molecule has 3 rings (SSSR count). The zero-order valence-corrected chi connectivity index (χ0v) is 10.9. The van der Waals surface area contributed by atoms with Gasteiger partial charge in [0.2, 0.25) is 0 Å². The summed E-state index contributed by atoms with van der Waals surface area (Å²) in [6.45, 7) is 3.73. The van der Waals surface area contributed by atoms with Gasteiger partial charge in [-0.3, -0.25) is 9.78 Å². The third-order valence-corrected chi connectivity index (χ3v) is 3.24. The normalized spacial score (nSPS) is 14.4. The molecule has 0 radical (unpaired) electrons. The number of nitrogens with zero attached hydrogens (tertiary/aromatic N) is 2. The molecule has 1 N–H and O–H groups in total. The van der Waals surface area contributed by atoms with Crippen LogP contribution in [-0.2, 0) is 0 Å². The summed E-state index contributed by atoms with van der Waals surface area (Å²) < 4.78 is 5.15. The van der Waals surface area contributed by atoms with E-state index in [0.29, 0.717) is 11.6 Å². The van der Waals surface area contributed by atoms with E-state index in [4.69, 9.17) is 4.52 Å². The van der Waals surface area contributed by atoms with Crippen LogP contribution in [0.15, 0.2) is 23.0 Å². The lowest BCUT2D eigenvalue weighted by atomic mass is 10.0. The maximum Gasteiger partial charge on any atom is 0.253 e. The van der Waals surface area contributed by atoms with Crippen molar-refractivity contribution in [3.05, 3.63) is 35.5 Å². The number of aryl methyl sites for hydroxylation is 2. The van der Waals surface area contributed by atoms with Crippen LogP contribution in [0.5, 0.6) is 0 Å². The van der Waals surface area contributed by atoms with Gasteiger partial charge in [0.25, 0.3) is 5.91 Å². The summed E-state index contributed by atoms with van der Waals surface area (Å²) >= 11 is 0. The summed E-state index contributed by atoms with van der Waals surface area (Å²) in [4.78, 5) is 16.1.